The zero-order chi connectivity index (χ0) is 21.2. The first-order valence-electron chi connectivity index (χ1n) is 10.4. The van der Waals surface area contributed by atoms with Gasteiger partial charge in [-0.3, -0.25) is 4.79 Å². The number of nitrogens with zero attached hydrogens (tertiary/aromatic N) is 5. The van der Waals surface area contributed by atoms with Crippen LogP contribution in [0.4, 0.5) is 23.0 Å². The van der Waals surface area contributed by atoms with Crippen LogP contribution in [0.25, 0.3) is 0 Å². The molecule has 0 unspecified atom stereocenters. The van der Waals surface area contributed by atoms with Gasteiger partial charge in [-0.25, -0.2) is 14.8 Å². The third kappa shape index (κ3) is 3.95. The third-order valence-electron chi connectivity index (χ3n) is 6.05. The number of carbonyl (C=O) groups excluding carboxylic acids is 2. The lowest BCUT2D eigenvalue weighted by atomic mass is 9.85. The summed E-state index contributed by atoms with van der Waals surface area (Å²) in [5, 5.41) is 2.76. The first-order chi connectivity index (χ1) is 15.2. The highest BCUT2D eigenvalue weighted by atomic mass is 32.1. The molecule has 5 rings (SSSR count). The SMILES string of the molecule is O=C(COC(=O)[C@@H]1C[C@H]2CCCC[C@H]2N1c1ncccn1)Nc1cccc2c1N=S=N2. The van der Waals surface area contributed by atoms with E-state index >= 15 is 0 Å². The Morgan fingerprint density at radius 3 is 2.84 bits per heavy atom. The second-order valence-corrected chi connectivity index (χ2v) is 8.44. The van der Waals surface area contributed by atoms with Gasteiger partial charge in [0.2, 0.25) is 5.95 Å². The molecule has 1 saturated carbocycles. The third-order valence-corrected chi connectivity index (χ3v) is 6.59. The molecule has 1 aromatic heterocycles. The van der Waals surface area contributed by atoms with Crippen LogP contribution < -0.4 is 10.2 Å². The van der Waals surface area contributed by atoms with Gasteiger partial charge in [0.1, 0.15) is 17.4 Å². The standard InChI is InChI=1S/C21H22N6O3S/c28-18(24-14-6-3-7-15-19(14)26-31-25-15)12-30-20(29)17-11-13-5-1-2-8-16(13)27(17)21-22-9-4-10-23-21/h3-4,6-7,9-10,13,16-17H,1-2,5,8,11-12H2,(H,24,28)/t13-,16-,17+/m1/s1. The van der Waals surface area contributed by atoms with Crippen LogP contribution >= 0.6 is 0 Å². The molecule has 2 aromatic rings. The number of anilines is 2. The molecule has 3 aliphatic rings. The molecule has 0 spiro atoms. The largest absolute Gasteiger partial charge is 0.454 e. The summed E-state index contributed by atoms with van der Waals surface area (Å²) in [6.45, 7) is -0.359. The average Bonchev–Trinajstić information content (AvgIpc) is 3.43. The average molecular weight is 439 g/mol. The first kappa shape index (κ1) is 19.8. The van der Waals surface area contributed by atoms with Crippen LogP contribution in [0.3, 0.4) is 0 Å². The predicted molar refractivity (Wildman–Crippen MR) is 116 cm³/mol. The highest BCUT2D eigenvalue weighted by molar-refractivity contribution is 7.58. The Balaban J connectivity index is 1.25. The van der Waals surface area contributed by atoms with Crippen molar-refractivity contribution in [3.8, 4) is 0 Å². The van der Waals surface area contributed by atoms with Gasteiger partial charge in [-0.15, -0.1) is 0 Å². The number of amides is 1. The zero-order valence-corrected chi connectivity index (χ0v) is 17.6. The minimum absolute atomic E-state index is 0.234. The Kier molecular flexibility index (Phi) is 5.46. The van der Waals surface area contributed by atoms with E-state index in [1.807, 2.05) is 11.0 Å². The molecule has 2 fully saturated rings. The van der Waals surface area contributed by atoms with Gasteiger partial charge >= 0.3 is 5.97 Å². The Morgan fingerprint density at radius 2 is 1.97 bits per heavy atom. The highest BCUT2D eigenvalue weighted by Gasteiger charge is 2.47. The van der Waals surface area contributed by atoms with Crippen molar-refractivity contribution in [3.63, 3.8) is 0 Å². The van der Waals surface area contributed by atoms with Crippen molar-refractivity contribution in [2.75, 3.05) is 16.8 Å². The Bertz CT molecular complexity index is 1070. The fourth-order valence-electron chi connectivity index (χ4n) is 4.71. The van der Waals surface area contributed by atoms with Crippen LogP contribution in [0.5, 0.6) is 0 Å². The lowest BCUT2D eigenvalue weighted by Crippen LogP contribution is -2.44. The number of esters is 1. The first-order valence-corrected chi connectivity index (χ1v) is 11.2. The molecule has 31 heavy (non-hydrogen) atoms. The summed E-state index contributed by atoms with van der Waals surface area (Å²) in [4.78, 5) is 36.2. The van der Waals surface area contributed by atoms with E-state index in [1.54, 1.807) is 30.6 Å². The van der Waals surface area contributed by atoms with Gasteiger partial charge < -0.3 is 15.0 Å². The highest BCUT2D eigenvalue weighted by Crippen LogP contribution is 2.41. The molecule has 160 valence electrons. The number of carbonyl (C=O) groups is 2. The maximum atomic E-state index is 13.0. The van der Waals surface area contributed by atoms with E-state index in [-0.39, 0.29) is 12.6 Å². The molecule has 9 nitrogen and oxygen atoms in total. The monoisotopic (exact) mass is 438 g/mol. The smallest absolute Gasteiger partial charge is 0.329 e. The van der Waals surface area contributed by atoms with Crippen LogP contribution in [0.2, 0.25) is 0 Å². The van der Waals surface area contributed by atoms with Crippen LogP contribution in [-0.4, -0.2) is 40.5 Å². The van der Waals surface area contributed by atoms with E-state index in [0.717, 1.165) is 30.6 Å². The number of hydrogen-bond acceptors (Lipinski definition) is 8. The van der Waals surface area contributed by atoms with Crippen molar-refractivity contribution in [1.82, 2.24) is 9.97 Å². The Labute approximate surface area is 183 Å². The van der Waals surface area contributed by atoms with Crippen molar-refractivity contribution in [2.45, 2.75) is 44.2 Å². The summed E-state index contributed by atoms with van der Waals surface area (Å²) in [5.74, 6) is 0.141. The van der Waals surface area contributed by atoms with E-state index in [0.29, 0.717) is 35.3 Å². The fourth-order valence-corrected chi connectivity index (χ4v) is 5.26. The van der Waals surface area contributed by atoms with Crippen molar-refractivity contribution < 1.29 is 14.3 Å². The van der Waals surface area contributed by atoms with E-state index in [2.05, 4.69) is 24.0 Å². The molecule has 1 saturated heterocycles. The Morgan fingerprint density at radius 1 is 1.13 bits per heavy atom. The second-order valence-electron chi connectivity index (χ2n) is 7.91. The zero-order valence-electron chi connectivity index (χ0n) is 16.8. The fraction of sp³-hybridized carbons (Fsp3) is 0.429. The van der Waals surface area contributed by atoms with Gasteiger partial charge in [-0.05, 0) is 43.4 Å². The van der Waals surface area contributed by atoms with Gasteiger partial charge in [0, 0.05) is 18.4 Å². The van der Waals surface area contributed by atoms with Crippen molar-refractivity contribution in [3.05, 3.63) is 36.7 Å². The molecule has 1 aromatic carbocycles. The van der Waals surface area contributed by atoms with E-state index in [4.69, 9.17) is 4.74 Å². The summed E-state index contributed by atoms with van der Waals surface area (Å²) in [7, 11) is 0. The molecule has 0 radical (unpaired) electrons. The molecule has 2 aliphatic heterocycles. The Hall–Kier alpha value is -3.14. The summed E-state index contributed by atoms with van der Waals surface area (Å²) in [6, 6.07) is 6.89. The van der Waals surface area contributed by atoms with Crippen LogP contribution in [-0.2, 0) is 25.7 Å². The number of rotatable bonds is 5. The number of benzene rings is 1. The van der Waals surface area contributed by atoms with Gasteiger partial charge in [-0.1, -0.05) is 18.9 Å². The normalized spacial score (nSPS) is 23.6. The molecule has 3 atom stereocenters. The van der Waals surface area contributed by atoms with Gasteiger partial charge in [0.05, 0.1) is 17.0 Å². The summed E-state index contributed by atoms with van der Waals surface area (Å²) >= 11 is 1.08. The number of ether oxygens (including phenoxy) is 1. The summed E-state index contributed by atoms with van der Waals surface area (Å²) in [5.41, 5.74) is 1.89. The van der Waals surface area contributed by atoms with Crippen molar-refractivity contribution in [1.29, 1.82) is 0 Å². The molecule has 10 heteroatoms. The predicted octanol–water partition coefficient (Wildman–Crippen LogP) is 3.52. The summed E-state index contributed by atoms with van der Waals surface area (Å²) in [6.07, 6.45) is 8.47. The molecular formula is C21H22N6O3S. The minimum Gasteiger partial charge on any atom is -0.454 e. The molecule has 1 aliphatic carbocycles. The number of nitrogens with one attached hydrogen (secondary N) is 1. The maximum absolute atomic E-state index is 13.0. The van der Waals surface area contributed by atoms with Crippen molar-refractivity contribution >= 4 is 46.2 Å². The molecule has 0 bridgehead atoms. The van der Waals surface area contributed by atoms with E-state index in [1.165, 1.54) is 6.42 Å². The summed E-state index contributed by atoms with van der Waals surface area (Å²) < 4.78 is 13.8. The quantitative estimate of drug-likeness (QED) is 0.611. The maximum Gasteiger partial charge on any atom is 0.329 e. The van der Waals surface area contributed by atoms with Gasteiger partial charge in [0.15, 0.2) is 6.61 Å². The van der Waals surface area contributed by atoms with Gasteiger partial charge in [-0.2, -0.15) is 8.73 Å². The lowest BCUT2D eigenvalue weighted by molar-refractivity contribution is -0.148. The van der Waals surface area contributed by atoms with Crippen LogP contribution in [0, 0.1) is 5.92 Å². The van der Waals surface area contributed by atoms with Crippen molar-refractivity contribution in [2.24, 2.45) is 14.6 Å². The molecule has 3 heterocycles. The molecular weight excluding hydrogens is 416 g/mol. The number of aromatic nitrogens is 2. The molecule has 1 N–H and O–H groups in total. The molecule has 1 amide bonds. The second kappa shape index (κ2) is 8.54. The van der Waals surface area contributed by atoms with Crippen LogP contribution in [0.1, 0.15) is 32.1 Å². The number of hydrogen-bond donors (Lipinski definition) is 1. The number of fused-ring (bicyclic) bond motifs is 2. The topological polar surface area (TPSA) is 109 Å². The van der Waals surface area contributed by atoms with E-state index in [9.17, 15) is 9.59 Å². The van der Waals surface area contributed by atoms with E-state index < -0.39 is 17.9 Å². The van der Waals surface area contributed by atoms with Crippen LogP contribution in [0.15, 0.2) is 45.4 Å². The minimum atomic E-state index is -0.477. The van der Waals surface area contributed by atoms with Gasteiger partial charge in [0.25, 0.3) is 5.91 Å². The lowest BCUT2D eigenvalue weighted by Gasteiger charge is -2.33.